The molecule has 2 aromatic rings. The zero-order valence-corrected chi connectivity index (χ0v) is 20.1. The number of hydrogen-bond acceptors (Lipinski definition) is 6. The molecule has 0 aromatic heterocycles. The summed E-state index contributed by atoms with van der Waals surface area (Å²) in [7, 11) is -3.70. The van der Waals surface area contributed by atoms with Crippen molar-refractivity contribution in [1.29, 1.82) is 0 Å². The Bertz CT molecular complexity index is 1220. The third-order valence-electron chi connectivity index (χ3n) is 6.50. The lowest BCUT2D eigenvalue weighted by atomic mass is 10.0. The molecule has 3 aliphatic heterocycles. The molecule has 1 saturated heterocycles. The summed E-state index contributed by atoms with van der Waals surface area (Å²) in [5, 5.41) is 0. The summed E-state index contributed by atoms with van der Waals surface area (Å²) >= 11 is 0. The number of nitrogens with zero attached hydrogens (tertiary/aromatic N) is 3. The van der Waals surface area contributed by atoms with E-state index >= 15 is 0 Å². The standard InChI is InChI=1S/C25H29N3O4S/c1-17(2)20-5-7-21(8-6-20)24-18(3)25(26-33(24,29)30)28-12-10-27(11-13-28)15-19-4-9-22-23(14-19)32-16-31-22/h4-9,14,17H,10-13,15-16H2,1-3H3. The lowest BCUT2D eigenvalue weighted by Crippen LogP contribution is -2.48. The molecular formula is C25H29N3O4S. The lowest BCUT2D eigenvalue weighted by molar-refractivity contribution is 0.172. The summed E-state index contributed by atoms with van der Waals surface area (Å²) in [6.45, 7) is 10.3. The van der Waals surface area contributed by atoms with Crippen molar-refractivity contribution >= 4 is 20.8 Å². The van der Waals surface area contributed by atoms with Gasteiger partial charge < -0.3 is 14.4 Å². The highest BCUT2D eigenvalue weighted by atomic mass is 32.2. The van der Waals surface area contributed by atoms with Gasteiger partial charge in [-0.25, -0.2) is 0 Å². The minimum atomic E-state index is -3.70. The van der Waals surface area contributed by atoms with Gasteiger partial charge in [0.15, 0.2) is 11.5 Å². The first-order valence-electron chi connectivity index (χ1n) is 11.3. The Morgan fingerprint density at radius 1 is 0.970 bits per heavy atom. The van der Waals surface area contributed by atoms with E-state index in [0.29, 0.717) is 22.2 Å². The van der Waals surface area contributed by atoms with Crippen LogP contribution in [-0.2, 0) is 16.6 Å². The Morgan fingerprint density at radius 2 is 1.67 bits per heavy atom. The van der Waals surface area contributed by atoms with Gasteiger partial charge in [-0.1, -0.05) is 44.2 Å². The molecule has 0 aliphatic carbocycles. The second-order valence-electron chi connectivity index (χ2n) is 9.07. The van der Waals surface area contributed by atoms with Crippen molar-refractivity contribution in [3.05, 3.63) is 64.7 Å². The predicted molar refractivity (Wildman–Crippen MR) is 129 cm³/mol. The van der Waals surface area contributed by atoms with E-state index in [0.717, 1.165) is 49.8 Å². The summed E-state index contributed by atoms with van der Waals surface area (Å²) in [6, 6.07) is 13.9. The zero-order valence-electron chi connectivity index (χ0n) is 19.2. The molecule has 5 rings (SSSR count). The summed E-state index contributed by atoms with van der Waals surface area (Å²) in [6.07, 6.45) is 0. The SMILES string of the molecule is CC1=C(c2ccc(C(C)C)cc2)S(=O)(=O)N=C1N1CCN(Cc2ccc3c(c2)OCO3)CC1. The van der Waals surface area contributed by atoms with Crippen molar-refractivity contribution in [2.24, 2.45) is 4.40 Å². The van der Waals surface area contributed by atoms with Gasteiger partial charge in [-0.15, -0.1) is 4.40 Å². The fourth-order valence-corrected chi connectivity index (χ4v) is 6.10. The number of piperazine rings is 1. The van der Waals surface area contributed by atoms with Crippen LogP contribution in [0.4, 0.5) is 0 Å². The predicted octanol–water partition coefficient (Wildman–Crippen LogP) is 3.83. The summed E-state index contributed by atoms with van der Waals surface area (Å²) in [5.41, 5.74) is 3.80. The topological polar surface area (TPSA) is 71.4 Å². The van der Waals surface area contributed by atoms with Gasteiger partial charge in [0, 0.05) is 38.3 Å². The number of hydrogen-bond donors (Lipinski definition) is 0. The van der Waals surface area contributed by atoms with E-state index in [9.17, 15) is 8.42 Å². The maximum atomic E-state index is 12.9. The molecule has 0 atom stereocenters. The van der Waals surface area contributed by atoms with Crippen molar-refractivity contribution in [3.8, 4) is 11.5 Å². The molecule has 0 spiro atoms. The molecule has 7 nitrogen and oxygen atoms in total. The number of fused-ring (bicyclic) bond motifs is 1. The molecule has 1 fully saturated rings. The van der Waals surface area contributed by atoms with Gasteiger partial charge in [-0.3, -0.25) is 4.90 Å². The lowest BCUT2D eigenvalue weighted by Gasteiger charge is -2.36. The van der Waals surface area contributed by atoms with Crippen LogP contribution < -0.4 is 9.47 Å². The smallest absolute Gasteiger partial charge is 0.285 e. The van der Waals surface area contributed by atoms with Crippen molar-refractivity contribution < 1.29 is 17.9 Å². The van der Waals surface area contributed by atoms with Crippen LogP contribution in [0.5, 0.6) is 11.5 Å². The summed E-state index contributed by atoms with van der Waals surface area (Å²) in [5.74, 6) is 2.57. The quantitative estimate of drug-likeness (QED) is 0.681. The number of benzene rings is 2. The van der Waals surface area contributed by atoms with Crippen LogP contribution in [0.3, 0.4) is 0 Å². The normalized spacial score (nSPS) is 20.0. The van der Waals surface area contributed by atoms with Gasteiger partial charge in [0.1, 0.15) is 10.7 Å². The average Bonchev–Trinajstić information content (AvgIpc) is 3.35. The fourth-order valence-electron chi connectivity index (χ4n) is 4.62. The van der Waals surface area contributed by atoms with Crippen LogP contribution in [0, 0.1) is 0 Å². The summed E-state index contributed by atoms with van der Waals surface area (Å²) in [4.78, 5) is 4.79. The van der Waals surface area contributed by atoms with Crippen LogP contribution in [0.2, 0.25) is 0 Å². The second-order valence-corrected chi connectivity index (χ2v) is 10.6. The number of rotatable bonds is 4. The molecule has 2 aromatic carbocycles. The first kappa shape index (κ1) is 22.0. The highest BCUT2D eigenvalue weighted by Crippen LogP contribution is 2.35. The fraction of sp³-hybridized carbons (Fsp3) is 0.400. The second kappa shape index (κ2) is 8.50. The van der Waals surface area contributed by atoms with Crippen LogP contribution in [0.1, 0.15) is 43.4 Å². The minimum absolute atomic E-state index is 0.277. The van der Waals surface area contributed by atoms with Crippen molar-refractivity contribution in [1.82, 2.24) is 9.80 Å². The van der Waals surface area contributed by atoms with E-state index in [1.807, 2.05) is 43.3 Å². The third-order valence-corrected chi connectivity index (χ3v) is 7.97. The zero-order chi connectivity index (χ0) is 23.2. The number of ether oxygens (including phenoxy) is 2. The van der Waals surface area contributed by atoms with Crippen molar-refractivity contribution in [2.75, 3.05) is 33.0 Å². The average molecular weight is 468 g/mol. The van der Waals surface area contributed by atoms with Crippen molar-refractivity contribution in [2.45, 2.75) is 33.2 Å². The van der Waals surface area contributed by atoms with E-state index in [2.05, 4.69) is 34.1 Å². The van der Waals surface area contributed by atoms with Crippen molar-refractivity contribution in [3.63, 3.8) is 0 Å². The molecule has 0 saturated carbocycles. The third kappa shape index (κ3) is 4.25. The van der Waals surface area contributed by atoms with E-state index in [1.165, 1.54) is 11.1 Å². The molecule has 8 heteroatoms. The molecule has 33 heavy (non-hydrogen) atoms. The van der Waals surface area contributed by atoms with Gasteiger partial charge in [-0.2, -0.15) is 8.42 Å². The van der Waals surface area contributed by atoms with E-state index in [1.54, 1.807) is 0 Å². The largest absolute Gasteiger partial charge is 0.454 e. The Labute approximate surface area is 195 Å². The Kier molecular flexibility index (Phi) is 5.66. The van der Waals surface area contributed by atoms with E-state index in [-0.39, 0.29) is 6.79 Å². The van der Waals surface area contributed by atoms with Crippen LogP contribution in [-0.4, -0.2) is 57.0 Å². The van der Waals surface area contributed by atoms with E-state index in [4.69, 9.17) is 9.47 Å². The molecule has 0 amide bonds. The molecule has 3 aliphatic rings. The van der Waals surface area contributed by atoms with Crippen LogP contribution in [0.25, 0.3) is 4.91 Å². The van der Waals surface area contributed by atoms with E-state index < -0.39 is 10.0 Å². The molecule has 0 radical (unpaired) electrons. The maximum absolute atomic E-state index is 12.9. The van der Waals surface area contributed by atoms with Gasteiger partial charge in [0.2, 0.25) is 6.79 Å². The summed E-state index contributed by atoms with van der Waals surface area (Å²) < 4.78 is 40.9. The highest BCUT2D eigenvalue weighted by Gasteiger charge is 2.34. The molecular weight excluding hydrogens is 438 g/mol. The Morgan fingerprint density at radius 3 is 2.36 bits per heavy atom. The van der Waals surface area contributed by atoms with Crippen LogP contribution in [0.15, 0.2) is 52.4 Å². The first-order valence-corrected chi connectivity index (χ1v) is 12.8. The number of amidine groups is 1. The first-order chi connectivity index (χ1) is 15.8. The monoisotopic (exact) mass is 467 g/mol. The molecule has 0 N–H and O–H groups in total. The van der Waals surface area contributed by atoms with Gasteiger partial charge in [-0.05, 0) is 41.7 Å². The Balaban J connectivity index is 1.28. The minimum Gasteiger partial charge on any atom is -0.454 e. The molecule has 0 unspecified atom stereocenters. The van der Waals surface area contributed by atoms with Gasteiger partial charge in [0.25, 0.3) is 10.0 Å². The van der Waals surface area contributed by atoms with Gasteiger partial charge in [0.05, 0.1) is 0 Å². The molecule has 3 heterocycles. The van der Waals surface area contributed by atoms with Crippen LogP contribution >= 0.6 is 0 Å². The number of sulfonamides is 1. The molecule has 0 bridgehead atoms. The van der Waals surface area contributed by atoms with Gasteiger partial charge >= 0.3 is 0 Å². The maximum Gasteiger partial charge on any atom is 0.285 e. The molecule has 174 valence electrons. The highest BCUT2D eigenvalue weighted by molar-refractivity contribution is 8.00. The Hall–Kier alpha value is -2.84.